The number of fused-ring (bicyclic) bond motifs is 3. The zero-order valence-electron chi connectivity index (χ0n) is 14.8. The third kappa shape index (κ3) is 2.44. The molecule has 3 nitrogen and oxygen atoms in total. The minimum absolute atomic E-state index is 0.714. The van der Waals surface area contributed by atoms with Crippen molar-refractivity contribution in [2.75, 3.05) is 11.5 Å². The molecule has 0 fully saturated rings. The van der Waals surface area contributed by atoms with Crippen molar-refractivity contribution >= 4 is 33.2 Å². The summed E-state index contributed by atoms with van der Waals surface area (Å²) in [6, 6.07) is 31.1. The molecule has 27 heavy (non-hydrogen) atoms. The normalized spacial score (nSPS) is 11.3. The van der Waals surface area contributed by atoms with Crippen LogP contribution in [-0.2, 0) is 0 Å². The minimum Gasteiger partial charge on any atom is -0.399 e. The number of rotatable bonds is 2. The molecule has 0 saturated carbocycles. The topological polar surface area (TPSA) is 57.0 Å². The maximum absolute atomic E-state index is 6.21. The van der Waals surface area contributed by atoms with Gasteiger partial charge < -0.3 is 16.0 Å². The first-order valence-corrected chi connectivity index (χ1v) is 8.96. The van der Waals surface area contributed by atoms with E-state index in [1.807, 2.05) is 24.3 Å². The van der Waals surface area contributed by atoms with Crippen LogP contribution in [0.4, 0.5) is 11.4 Å². The van der Waals surface area contributed by atoms with Gasteiger partial charge in [-0.1, -0.05) is 42.5 Å². The average molecular weight is 349 g/mol. The highest BCUT2D eigenvalue weighted by atomic mass is 15.0. The molecule has 0 spiro atoms. The molecule has 0 atom stereocenters. The second-order valence-corrected chi connectivity index (χ2v) is 6.77. The van der Waals surface area contributed by atoms with Gasteiger partial charge in [0.25, 0.3) is 0 Å². The molecular formula is C24H19N3. The average Bonchev–Trinajstić information content (AvgIpc) is 3.04. The zero-order valence-corrected chi connectivity index (χ0v) is 14.8. The summed E-state index contributed by atoms with van der Waals surface area (Å²) in [7, 11) is 0. The van der Waals surface area contributed by atoms with Crippen LogP contribution in [-0.4, -0.2) is 4.57 Å². The number of hydrogen-bond donors (Lipinski definition) is 2. The molecule has 130 valence electrons. The lowest BCUT2D eigenvalue weighted by molar-refractivity contribution is 1.18. The van der Waals surface area contributed by atoms with Gasteiger partial charge >= 0.3 is 0 Å². The van der Waals surface area contributed by atoms with Gasteiger partial charge in [-0.15, -0.1) is 0 Å². The fraction of sp³-hybridized carbons (Fsp3) is 0. The lowest BCUT2D eigenvalue weighted by Gasteiger charge is -2.09. The summed E-state index contributed by atoms with van der Waals surface area (Å²) in [5.74, 6) is 0. The first-order chi connectivity index (χ1) is 13.2. The molecule has 0 aliphatic rings. The first-order valence-electron chi connectivity index (χ1n) is 8.96. The van der Waals surface area contributed by atoms with Crippen LogP contribution in [0, 0.1) is 0 Å². The van der Waals surface area contributed by atoms with Crippen LogP contribution < -0.4 is 11.5 Å². The molecule has 0 saturated heterocycles. The van der Waals surface area contributed by atoms with Crippen molar-refractivity contribution in [2.24, 2.45) is 0 Å². The Labute approximate surface area is 157 Å². The van der Waals surface area contributed by atoms with Crippen LogP contribution in [0.2, 0.25) is 0 Å². The van der Waals surface area contributed by atoms with E-state index in [1.54, 1.807) is 0 Å². The van der Waals surface area contributed by atoms with Gasteiger partial charge in [-0.05, 0) is 54.1 Å². The number of benzene rings is 4. The molecule has 0 aliphatic heterocycles. The van der Waals surface area contributed by atoms with E-state index in [0.29, 0.717) is 5.69 Å². The Balaban J connectivity index is 1.84. The highest BCUT2D eigenvalue weighted by molar-refractivity contribution is 6.10. The molecule has 1 aromatic heterocycles. The SMILES string of the molecule is Nc1ccc(N)c(-c2ccc3c(c2)c2ccccc2n3-c2ccccc2)c1. The van der Waals surface area contributed by atoms with Crippen molar-refractivity contribution in [3.63, 3.8) is 0 Å². The van der Waals surface area contributed by atoms with Crippen LogP contribution in [0.5, 0.6) is 0 Å². The summed E-state index contributed by atoms with van der Waals surface area (Å²) in [6.45, 7) is 0. The molecule has 1 heterocycles. The Kier molecular flexibility index (Phi) is 3.41. The summed E-state index contributed by atoms with van der Waals surface area (Å²) in [6.07, 6.45) is 0. The Morgan fingerprint density at radius 3 is 2.19 bits per heavy atom. The molecule has 0 bridgehead atoms. The van der Waals surface area contributed by atoms with Crippen LogP contribution in [0.15, 0.2) is 91.0 Å². The van der Waals surface area contributed by atoms with Crippen molar-refractivity contribution in [2.45, 2.75) is 0 Å². The molecule has 0 unspecified atom stereocenters. The van der Waals surface area contributed by atoms with E-state index in [2.05, 4.69) is 71.3 Å². The van der Waals surface area contributed by atoms with Crippen molar-refractivity contribution < 1.29 is 0 Å². The van der Waals surface area contributed by atoms with E-state index < -0.39 is 0 Å². The number of nitrogens with zero attached hydrogens (tertiary/aromatic N) is 1. The lowest BCUT2D eigenvalue weighted by Crippen LogP contribution is -1.94. The number of nitrogen functional groups attached to an aromatic ring is 2. The maximum Gasteiger partial charge on any atom is 0.0541 e. The Bertz CT molecular complexity index is 1280. The van der Waals surface area contributed by atoms with Gasteiger partial charge in [0.05, 0.1) is 11.0 Å². The molecule has 4 aromatic carbocycles. The molecule has 0 aliphatic carbocycles. The number of hydrogen-bond acceptors (Lipinski definition) is 2. The van der Waals surface area contributed by atoms with E-state index in [0.717, 1.165) is 22.5 Å². The van der Waals surface area contributed by atoms with Gasteiger partial charge in [-0.25, -0.2) is 0 Å². The number of aromatic nitrogens is 1. The first kappa shape index (κ1) is 15.5. The van der Waals surface area contributed by atoms with Crippen LogP contribution in [0.1, 0.15) is 0 Å². The Hall–Kier alpha value is -3.72. The summed E-state index contributed by atoms with van der Waals surface area (Å²) in [5, 5.41) is 2.43. The maximum atomic E-state index is 6.21. The van der Waals surface area contributed by atoms with Crippen molar-refractivity contribution in [1.82, 2.24) is 4.57 Å². The van der Waals surface area contributed by atoms with Gasteiger partial charge in [0.1, 0.15) is 0 Å². The minimum atomic E-state index is 0.714. The zero-order chi connectivity index (χ0) is 18.4. The Morgan fingerprint density at radius 2 is 1.33 bits per heavy atom. The lowest BCUT2D eigenvalue weighted by atomic mass is 10.0. The van der Waals surface area contributed by atoms with Gasteiger partial charge in [0.2, 0.25) is 0 Å². The van der Waals surface area contributed by atoms with Gasteiger partial charge in [0, 0.05) is 33.4 Å². The van der Waals surface area contributed by atoms with Gasteiger partial charge in [-0.3, -0.25) is 0 Å². The predicted molar refractivity (Wildman–Crippen MR) is 115 cm³/mol. The molecule has 3 heteroatoms. The van der Waals surface area contributed by atoms with Crippen molar-refractivity contribution in [1.29, 1.82) is 0 Å². The standard InChI is InChI=1S/C24H19N3/c25-17-11-12-22(26)20(15-17)16-10-13-24-21(14-16)19-8-4-5-9-23(19)27(24)18-6-2-1-3-7-18/h1-15H,25-26H2. The van der Waals surface area contributed by atoms with E-state index >= 15 is 0 Å². The highest BCUT2D eigenvalue weighted by Gasteiger charge is 2.13. The van der Waals surface area contributed by atoms with E-state index in [-0.39, 0.29) is 0 Å². The largest absolute Gasteiger partial charge is 0.399 e. The summed E-state index contributed by atoms with van der Waals surface area (Å²) in [5.41, 5.74) is 19.2. The van der Waals surface area contributed by atoms with Crippen LogP contribution in [0.3, 0.4) is 0 Å². The van der Waals surface area contributed by atoms with Crippen LogP contribution >= 0.6 is 0 Å². The second-order valence-electron chi connectivity index (χ2n) is 6.77. The highest BCUT2D eigenvalue weighted by Crippen LogP contribution is 2.36. The smallest absolute Gasteiger partial charge is 0.0541 e. The van der Waals surface area contributed by atoms with E-state index in [4.69, 9.17) is 11.5 Å². The van der Waals surface area contributed by atoms with Crippen molar-refractivity contribution in [3.05, 3.63) is 91.0 Å². The monoisotopic (exact) mass is 349 g/mol. The quantitative estimate of drug-likeness (QED) is 0.407. The van der Waals surface area contributed by atoms with Crippen molar-refractivity contribution in [3.8, 4) is 16.8 Å². The molecule has 5 aromatic rings. The summed E-state index contributed by atoms with van der Waals surface area (Å²) >= 11 is 0. The van der Waals surface area contributed by atoms with E-state index in [9.17, 15) is 0 Å². The molecule has 4 N–H and O–H groups in total. The second kappa shape index (κ2) is 5.92. The predicted octanol–water partition coefficient (Wildman–Crippen LogP) is 5.62. The van der Waals surface area contributed by atoms with Gasteiger partial charge in [-0.2, -0.15) is 0 Å². The molecule has 0 amide bonds. The summed E-state index contributed by atoms with van der Waals surface area (Å²) in [4.78, 5) is 0. The fourth-order valence-electron chi connectivity index (χ4n) is 3.82. The third-order valence-corrected chi connectivity index (χ3v) is 5.08. The summed E-state index contributed by atoms with van der Waals surface area (Å²) < 4.78 is 2.30. The fourth-order valence-corrected chi connectivity index (χ4v) is 3.82. The number of anilines is 2. The molecular weight excluding hydrogens is 330 g/mol. The Morgan fingerprint density at radius 1 is 0.593 bits per heavy atom. The third-order valence-electron chi connectivity index (χ3n) is 5.08. The van der Waals surface area contributed by atoms with Gasteiger partial charge in [0.15, 0.2) is 0 Å². The molecule has 0 radical (unpaired) electrons. The number of para-hydroxylation sites is 2. The molecule has 5 rings (SSSR count). The van der Waals surface area contributed by atoms with Crippen LogP contribution in [0.25, 0.3) is 38.6 Å². The van der Waals surface area contributed by atoms with E-state index in [1.165, 1.54) is 21.8 Å². The number of nitrogens with two attached hydrogens (primary N) is 2.